The highest BCUT2D eigenvalue weighted by Gasteiger charge is 2.21. The monoisotopic (exact) mass is 722 g/mol. The van der Waals surface area contributed by atoms with Crippen LogP contribution in [0.5, 0.6) is 0 Å². The Morgan fingerprint density at radius 2 is 1.19 bits per heavy atom. The van der Waals surface area contributed by atoms with Crippen molar-refractivity contribution >= 4 is 68.8 Å². The van der Waals surface area contributed by atoms with E-state index < -0.39 is 0 Å². The smallest absolute Gasteiger partial charge is 0.227 e. The Bertz CT molecular complexity index is 1980. The SMILES string of the molecule is CC(C)n1cnc2c(Nc3cccc(Cl)c3)nc(N[C@H]3CCNC3)nc21.Cc1cccc(Nc2nc(N[C@@H]3CCNC3)nc3c2ncn3C(C)C)c1. The third-order valence-corrected chi connectivity index (χ3v) is 9.35. The largest absolute Gasteiger partial charge is 0.350 e. The van der Waals surface area contributed by atoms with Crippen LogP contribution in [0.25, 0.3) is 22.3 Å². The molecule has 0 unspecified atom stereocenters. The van der Waals surface area contributed by atoms with Crippen LogP contribution in [0.4, 0.5) is 34.9 Å². The fraction of sp³-hybridized carbons (Fsp3) is 0.405. The maximum atomic E-state index is 6.11. The maximum Gasteiger partial charge on any atom is 0.227 e. The summed E-state index contributed by atoms with van der Waals surface area (Å²) in [5.74, 6) is 2.65. The molecule has 0 amide bonds. The van der Waals surface area contributed by atoms with Gasteiger partial charge in [-0.05, 0) is 96.4 Å². The molecule has 15 heteroatoms. The summed E-state index contributed by atoms with van der Waals surface area (Å²) in [6.45, 7) is 14.5. The Balaban J connectivity index is 0.000000162. The fourth-order valence-corrected chi connectivity index (χ4v) is 6.57. The molecule has 2 aliphatic heterocycles. The van der Waals surface area contributed by atoms with Crippen LogP contribution in [0.15, 0.2) is 61.2 Å². The molecule has 6 aromatic rings. The van der Waals surface area contributed by atoms with Gasteiger partial charge in [-0.25, -0.2) is 9.97 Å². The zero-order chi connectivity index (χ0) is 36.2. The van der Waals surface area contributed by atoms with Crippen molar-refractivity contribution in [1.82, 2.24) is 49.7 Å². The second-order valence-electron chi connectivity index (χ2n) is 13.9. The molecular weight excluding hydrogens is 676 g/mol. The summed E-state index contributed by atoms with van der Waals surface area (Å²) in [6.07, 6.45) is 5.79. The predicted molar refractivity (Wildman–Crippen MR) is 210 cm³/mol. The normalized spacial score (nSPS) is 17.2. The standard InChI is InChI=1S/C19H25N7.C18H22ClN7/c1-12(2)26-11-21-16-17(22-14-6-4-5-13(3)9-14)24-19(25-18(16)26)23-15-7-8-20-10-15;1-11(2)26-10-21-15-16(22-13-5-3-4-12(19)8-13)24-18(25-17(15)26)23-14-6-7-20-9-14/h4-6,9,11-12,15,20H,7-8,10H2,1-3H3,(H2,22,23,24,25);3-5,8,10-11,14,20H,6-7,9H2,1-2H3,(H2,22,23,24,25)/t15-;14-/m10/s1. The quantitative estimate of drug-likeness (QED) is 0.0879. The van der Waals surface area contributed by atoms with Crippen LogP contribution >= 0.6 is 11.6 Å². The molecule has 8 rings (SSSR count). The third-order valence-electron chi connectivity index (χ3n) is 9.11. The van der Waals surface area contributed by atoms with Crippen molar-refractivity contribution in [3.63, 3.8) is 0 Å². The number of hydrogen-bond donors (Lipinski definition) is 6. The fourth-order valence-electron chi connectivity index (χ4n) is 6.38. The lowest BCUT2D eigenvalue weighted by atomic mass is 10.2. The number of anilines is 6. The summed E-state index contributed by atoms with van der Waals surface area (Å²) in [5, 5.41) is 21.0. The Labute approximate surface area is 308 Å². The molecule has 2 fully saturated rings. The van der Waals surface area contributed by atoms with E-state index in [0.29, 0.717) is 34.8 Å². The first kappa shape index (κ1) is 35.4. The second-order valence-corrected chi connectivity index (χ2v) is 14.4. The summed E-state index contributed by atoms with van der Waals surface area (Å²) in [5.41, 5.74) is 6.25. The lowest BCUT2D eigenvalue weighted by molar-refractivity contribution is 0.612. The van der Waals surface area contributed by atoms with Crippen LogP contribution < -0.4 is 31.9 Å². The van der Waals surface area contributed by atoms with Crippen LogP contribution in [0.2, 0.25) is 5.02 Å². The number of hydrogen-bond acceptors (Lipinski definition) is 12. The van der Waals surface area contributed by atoms with E-state index in [2.05, 4.69) is 103 Å². The predicted octanol–water partition coefficient (Wildman–Crippen LogP) is 6.81. The lowest BCUT2D eigenvalue weighted by Crippen LogP contribution is -2.23. The molecule has 2 aromatic carbocycles. The average Bonchev–Trinajstić information content (AvgIpc) is 3.93. The number of aromatic nitrogens is 8. The molecule has 6 N–H and O–H groups in total. The summed E-state index contributed by atoms with van der Waals surface area (Å²) in [7, 11) is 0. The first-order chi connectivity index (χ1) is 25.2. The molecule has 0 bridgehead atoms. The molecule has 6 heterocycles. The van der Waals surface area contributed by atoms with Crippen molar-refractivity contribution in [3.8, 4) is 0 Å². The maximum absolute atomic E-state index is 6.11. The molecule has 4 aromatic heterocycles. The number of nitrogens with one attached hydrogen (secondary N) is 6. The van der Waals surface area contributed by atoms with E-state index in [4.69, 9.17) is 26.6 Å². The first-order valence-electron chi connectivity index (χ1n) is 18.0. The summed E-state index contributed by atoms with van der Waals surface area (Å²) >= 11 is 6.11. The summed E-state index contributed by atoms with van der Waals surface area (Å²) in [4.78, 5) is 28.0. The molecule has 2 atom stereocenters. The van der Waals surface area contributed by atoms with Crippen LogP contribution in [0.1, 0.15) is 58.2 Å². The summed E-state index contributed by atoms with van der Waals surface area (Å²) < 4.78 is 4.13. The Kier molecular flexibility index (Phi) is 10.7. The number of rotatable bonds is 10. The first-order valence-corrected chi connectivity index (χ1v) is 18.4. The van der Waals surface area contributed by atoms with Gasteiger partial charge in [0.05, 0.1) is 12.7 Å². The van der Waals surface area contributed by atoms with E-state index >= 15 is 0 Å². The molecule has 0 radical (unpaired) electrons. The van der Waals surface area contributed by atoms with Gasteiger partial charge in [0.2, 0.25) is 11.9 Å². The molecule has 0 saturated carbocycles. The van der Waals surface area contributed by atoms with Gasteiger partial charge < -0.3 is 41.0 Å². The number of nitrogens with zero attached hydrogens (tertiary/aromatic N) is 8. The van der Waals surface area contributed by atoms with Crippen LogP contribution in [0, 0.1) is 6.92 Å². The van der Waals surface area contributed by atoms with Crippen molar-refractivity contribution in [1.29, 1.82) is 0 Å². The van der Waals surface area contributed by atoms with Gasteiger partial charge in [0.25, 0.3) is 0 Å². The van der Waals surface area contributed by atoms with Crippen molar-refractivity contribution in [2.45, 2.75) is 71.6 Å². The van der Waals surface area contributed by atoms with Crippen LogP contribution in [-0.4, -0.2) is 77.3 Å². The van der Waals surface area contributed by atoms with E-state index in [0.717, 1.165) is 78.5 Å². The van der Waals surface area contributed by atoms with Crippen molar-refractivity contribution in [3.05, 3.63) is 71.8 Å². The van der Waals surface area contributed by atoms with E-state index in [1.54, 1.807) is 0 Å². The third kappa shape index (κ3) is 8.19. The minimum absolute atomic E-state index is 0.259. The van der Waals surface area contributed by atoms with Gasteiger partial charge in [0.15, 0.2) is 34.0 Å². The molecule has 272 valence electrons. The van der Waals surface area contributed by atoms with Crippen LogP contribution in [-0.2, 0) is 0 Å². The van der Waals surface area contributed by atoms with Gasteiger partial charge in [-0.3, -0.25) is 0 Å². The molecule has 2 aliphatic rings. The lowest BCUT2D eigenvalue weighted by Gasteiger charge is -2.15. The zero-order valence-electron chi connectivity index (χ0n) is 30.3. The van der Waals surface area contributed by atoms with Gasteiger partial charge >= 0.3 is 0 Å². The number of fused-ring (bicyclic) bond motifs is 2. The molecule has 0 aliphatic carbocycles. The zero-order valence-corrected chi connectivity index (χ0v) is 31.0. The molecule has 0 spiro atoms. The summed E-state index contributed by atoms with van der Waals surface area (Å²) in [6, 6.07) is 17.0. The highest BCUT2D eigenvalue weighted by Crippen LogP contribution is 2.29. The number of benzene rings is 2. The topological polar surface area (TPSA) is 159 Å². The van der Waals surface area contributed by atoms with E-state index in [1.807, 2.05) is 49.1 Å². The number of imidazole rings is 2. The van der Waals surface area contributed by atoms with E-state index in [1.165, 1.54) is 5.56 Å². The van der Waals surface area contributed by atoms with E-state index in [9.17, 15) is 0 Å². The minimum atomic E-state index is 0.259. The van der Waals surface area contributed by atoms with Gasteiger partial charge in [0.1, 0.15) is 0 Å². The second kappa shape index (κ2) is 15.7. The van der Waals surface area contributed by atoms with Crippen molar-refractivity contribution in [2.75, 3.05) is 47.4 Å². The van der Waals surface area contributed by atoms with Crippen LogP contribution in [0.3, 0.4) is 0 Å². The van der Waals surface area contributed by atoms with Gasteiger partial charge in [-0.15, -0.1) is 0 Å². The number of aryl methyl sites for hydroxylation is 1. The molecular formula is C37H47ClN14. The highest BCUT2D eigenvalue weighted by molar-refractivity contribution is 6.30. The molecule has 14 nitrogen and oxygen atoms in total. The highest BCUT2D eigenvalue weighted by atomic mass is 35.5. The average molecular weight is 723 g/mol. The van der Waals surface area contributed by atoms with Gasteiger partial charge in [-0.2, -0.15) is 19.9 Å². The van der Waals surface area contributed by atoms with Gasteiger partial charge in [-0.1, -0.05) is 29.8 Å². The number of halogens is 1. The van der Waals surface area contributed by atoms with Gasteiger partial charge in [0, 0.05) is 53.7 Å². The Morgan fingerprint density at radius 3 is 1.63 bits per heavy atom. The molecule has 2 saturated heterocycles. The molecule has 52 heavy (non-hydrogen) atoms. The Hall–Kier alpha value is -5.05. The minimum Gasteiger partial charge on any atom is -0.350 e. The Morgan fingerprint density at radius 1 is 0.692 bits per heavy atom. The van der Waals surface area contributed by atoms with Crippen molar-refractivity contribution in [2.24, 2.45) is 0 Å². The van der Waals surface area contributed by atoms with E-state index in [-0.39, 0.29) is 12.1 Å². The van der Waals surface area contributed by atoms with Crippen molar-refractivity contribution < 1.29 is 0 Å².